The Kier molecular flexibility index (Phi) is 6.32. The van der Waals surface area contributed by atoms with E-state index >= 15 is 0 Å². The van der Waals surface area contributed by atoms with Gasteiger partial charge in [0.15, 0.2) is 0 Å². The summed E-state index contributed by atoms with van der Waals surface area (Å²) in [6.07, 6.45) is 0. The second kappa shape index (κ2) is 8.88. The fraction of sp³-hybridized carbons (Fsp3) is 0.217. The van der Waals surface area contributed by atoms with E-state index in [2.05, 4.69) is 67.7 Å². The molecule has 2 nitrogen and oxygen atoms in total. The van der Waals surface area contributed by atoms with Crippen LogP contribution in [0.15, 0.2) is 72.8 Å². The third kappa shape index (κ3) is 5.10. The molecule has 134 valence electrons. The standard InChI is InChI=1S/C23H24ClNO/c1-17-8-10-19(11-9-17)16-26-23-13-12-22(24)14-21(23)15-25-18(2)20-6-4-3-5-7-20/h3-14,18,25H,15-16H2,1-2H3/t18-/m1/s1. The zero-order valence-electron chi connectivity index (χ0n) is 15.2. The van der Waals surface area contributed by atoms with E-state index < -0.39 is 0 Å². The minimum atomic E-state index is 0.250. The maximum Gasteiger partial charge on any atom is 0.124 e. The molecule has 0 aliphatic rings. The molecule has 0 aromatic heterocycles. The first-order valence-corrected chi connectivity index (χ1v) is 9.25. The zero-order valence-corrected chi connectivity index (χ0v) is 16.0. The van der Waals surface area contributed by atoms with Crippen LogP contribution in [0.2, 0.25) is 5.02 Å². The molecule has 0 bridgehead atoms. The van der Waals surface area contributed by atoms with Gasteiger partial charge in [0.25, 0.3) is 0 Å². The van der Waals surface area contributed by atoms with Crippen LogP contribution >= 0.6 is 11.6 Å². The van der Waals surface area contributed by atoms with Gasteiger partial charge in [0.2, 0.25) is 0 Å². The molecule has 1 atom stereocenters. The molecular weight excluding hydrogens is 342 g/mol. The van der Waals surface area contributed by atoms with Crippen molar-refractivity contribution in [3.8, 4) is 5.75 Å². The van der Waals surface area contributed by atoms with Gasteiger partial charge < -0.3 is 10.1 Å². The molecule has 26 heavy (non-hydrogen) atoms. The Balaban J connectivity index is 1.66. The lowest BCUT2D eigenvalue weighted by Gasteiger charge is -2.17. The van der Waals surface area contributed by atoms with E-state index in [9.17, 15) is 0 Å². The van der Waals surface area contributed by atoms with E-state index in [1.807, 2.05) is 24.3 Å². The van der Waals surface area contributed by atoms with E-state index in [1.165, 1.54) is 11.1 Å². The lowest BCUT2D eigenvalue weighted by atomic mass is 10.1. The normalized spacial score (nSPS) is 12.0. The highest BCUT2D eigenvalue weighted by Gasteiger charge is 2.09. The van der Waals surface area contributed by atoms with Crippen molar-refractivity contribution < 1.29 is 4.74 Å². The summed E-state index contributed by atoms with van der Waals surface area (Å²) >= 11 is 6.20. The third-order valence-electron chi connectivity index (χ3n) is 4.44. The van der Waals surface area contributed by atoms with Crippen molar-refractivity contribution in [2.45, 2.75) is 33.0 Å². The Hall–Kier alpha value is -2.29. The average Bonchev–Trinajstić information content (AvgIpc) is 2.67. The topological polar surface area (TPSA) is 21.3 Å². The van der Waals surface area contributed by atoms with E-state index in [1.54, 1.807) is 0 Å². The first-order chi connectivity index (χ1) is 12.6. The minimum Gasteiger partial charge on any atom is -0.489 e. The van der Waals surface area contributed by atoms with Gasteiger partial charge in [0, 0.05) is 23.2 Å². The molecule has 3 heteroatoms. The molecule has 0 fully saturated rings. The van der Waals surface area contributed by atoms with Crippen LogP contribution in [0.4, 0.5) is 0 Å². The SMILES string of the molecule is Cc1ccc(COc2ccc(Cl)cc2CN[C@H](C)c2ccccc2)cc1. The Morgan fingerprint density at radius 2 is 1.69 bits per heavy atom. The number of benzene rings is 3. The molecule has 0 aliphatic carbocycles. The lowest BCUT2D eigenvalue weighted by Crippen LogP contribution is -2.18. The van der Waals surface area contributed by atoms with Crippen LogP contribution in [0.3, 0.4) is 0 Å². The maximum absolute atomic E-state index is 6.20. The van der Waals surface area contributed by atoms with Crippen LogP contribution in [0.5, 0.6) is 5.75 Å². The van der Waals surface area contributed by atoms with Gasteiger partial charge in [0.05, 0.1) is 0 Å². The molecule has 0 amide bonds. The highest BCUT2D eigenvalue weighted by molar-refractivity contribution is 6.30. The summed E-state index contributed by atoms with van der Waals surface area (Å²) < 4.78 is 6.06. The number of nitrogens with one attached hydrogen (secondary N) is 1. The van der Waals surface area contributed by atoms with Crippen molar-refractivity contribution in [1.82, 2.24) is 5.32 Å². The average molecular weight is 366 g/mol. The molecule has 3 aromatic rings. The van der Waals surface area contributed by atoms with Gasteiger partial charge >= 0.3 is 0 Å². The zero-order chi connectivity index (χ0) is 18.4. The molecule has 0 spiro atoms. The van der Waals surface area contributed by atoms with Crippen molar-refractivity contribution in [3.63, 3.8) is 0 Å². The van der Waals surface area contributed by atoms with Crippen molar-refractivity contribution in [2.75, 3.05) is 0 Å². The molecule has 3 rings (SSSR count). The van der Waals surface area contributed by atoms with Crippen LogP contribution < -0.4 is 10.1 Å². The van der Waals surface area contributed by atoms with Gasteiger partial charge in [-0.05, 0) is 43.2 Å². The van der Waals surface area contributed by atoms with Gasteiger partial charge in [-0.3, -0.25) is 0 Å². The van der Waals surface area contributed by atoms with Gasteiger partial charge in [-0.25, -0.2) is 0 Å². The molecule has 0 saturated heterocycles. The summed E-state index contributed by atoms with van der Waals surface area (Å²) in [5, 5.41) is 4.27. The Morgan fingerprint density at radius 1 is 0.962 bits per heavy atom. The molecule has 3 aromatic carbocycles. The minimum absolute atomic E-state index is 0.250. The lowest BCUT2D eigenvalue weighted by molar-refractivity contribution is 0.301. The Bertz CT molecular complexity index is 831. The molecule has 0 heterocycles. The smallest absolute Gasteiger partial charge is 0.124 e. The number of rotatable bonds is 7. The molecule has 0 radical (unpaired) electrons. The molecule has 1 N–H and O–H groups in total. The van der Waals surface area contributed by atoms with Crippen molar-refractivity contribution in [2.24, 2.45) is 0 Å². The monoisotopic (exact) mass is 365 g/mol. The second-order valence-electron chi connectivity index (χ2n) is 6.54. The van der Waals surface area contributed by atoms with Gasteiger partial charge in [-0.15, -0.1) is 0 Å². The summed E-state index contributed by atoms with van der Waals surface area (Å²) in [6, 6.07) is 24.8. The summed E-state index contributed by atoms with van der Waals surface area (Å²) in [5.41, 5.74) is 4.73. The molecular formula is C23H24ClNO. The fourth-order valence-electron chi connectivity index (χ4n) is 2.79. The first kappa shape index (κ1) is 18.5. The van der Waals surface area contributed by atoms with E-state index in [4.69, 9.17) is 16.3 Å². The van der Waals surface area contributed by atoms with Crippen LogP contribution in [-0.2, 0) is 13.2 Å². The Labute approximate surface area is 160 Å². The largest absolute Gasteiger partial charge is 0.489 e. The summed E-state index contributed by atoms with van der Waals surface area (Å²) in [6.45, 7) is 5.48. The summed E-state index contributed by atoms with van der Waals surface area (Å²) in [5.74, 6) is 0.864. The third-order valence-corrected chi connectivity index (χ3v) is 4.67. The van der Waals surface area contributed by atoms with Crippen molar-refractivity contribution >= 4 is 11.6 Å². The highest BCUT2D eigenvalue weighted by atomic mass is 35.5. The van der Waals surface area contributed by atoms with Crippen LogP contribution in [0, 0.1) is 6.92 Å². The van der Waals surface area contributed by atoms with Crippen LogP contribution in [0.1, 0.15) is 35.2 Å². The number of aryl methyl sites for hydroxylation is 1. The van der Waals surface area contributed by atoms with Crippen molar-refractivity contribution in [1.29, 1.82) is 0 Å². The summed E-state index contributed by atoms with van der Waals surface area (Å²) in [4.78, 5) is 0. The van der Waals surface area contributed by atoms with E-state index in [0.717, 1.165) is 21.9 Å². The predicted molar refractivity (Wildman–Crippen MR) is 109 cm³/mol. The predicted octanol–water partition coefficient (Wildman–Crippen LogP) is 6.08. The quantitative estimate of drug-likeness (QED) is 0.548. The second-order valence-corrected chi connectivity index (χ2v) is 6.98. The molecule has 0 saturated carbocycles. The van der Waals surface area contributed by atoms with E-state index in [-0.39, 0.29) is 6.04 Å². The fourth-order valence-corrected chi connectivity index (χ4v) is 2.99. The highest BCUT2D eigenvalue weighted by Crippen LogP contribution is 2.25. The Morgan fingerprint density at radius 3 is 2.42 bits per heavy atom. The van der Waals surface area contributed by atoms with Crippen LogP contribution in [0.25, 0.3) is 0 Å². The molecule has 0 unspecified atom stereocenters. The number of hydrogen-bond acceptors (Lipinski definition) is 2. The number of halogens is 1. The van der Waals surface area contributed by atoms with Crippen LogP contribution in [-0.4, -0.2) is 0 Å². The van der Waals surface area contributed by atoms with Crippen molar-refractivity contribution in [3.05, 3.63) is 100 Å². The maximum atomic E-state index is 6.20. The van der Waals surface area contributed by atoms with E-state index in [0.29, 0.717) is 13.2 Å². The number of hydrogen-bond donors (Lipinski definition) is 1. The van der Waals surface area contributed by atoms with Gasteiger partial charge in [0.1, 0.15) is 12.4 Å². The van der Waals surface area contributed by atoms with Gasteiger partial charge in [-0.2, -0.15) is 0 Å². The first-order valence-electron chi connectivity index (χ1n) is 8.87. The number of ether oxygens (including phenoxy) is 1. The van der Waals surface area contributed by atoms with Gasteiger partial charge in [-0.1, -0.05) is 71.8 Å². The summed E-state index contributed by atoms with van der Waals surface area (Å²) in [7, 11) is 0. The molecule has 0 aliphatic heterocycles.